The highest BCUT2D eigenvalue weighted by atomic mass is 32.1. The van der Waals surface area contributed by atoms with Gasteiger partial charge < -0.3 is 4.90 Å². The molecule has 1 atom stereocenters. The molecule has 10 heteroatoms. The van der Waals surface area contributed by atoms with E-state index in [2.05, 4.69) is 10.1 Å². The van der Waals surface area contributed by atoms with Crippen LogP contribution < -0.4 is 0 Å². The second-order valence-electron chi connectivity index (χ2n) is 6.97. The van der Waals surface area contributed by atoms with Crippen LogP contribution >= 0.6 is 22.7 Å². The zero-order valence-corrected chi connectivity index (χ0v) is 17.1. The van der Waals surface area contributed by atoms with E-state index < -0.39 is 11.9 Å². The predicted molar refractivity (Wildman–Crippen MR) is 109 cm³/mol. The molecule has 0 aromatic carbocycles. The van der Waals surface area contributed by atoms with Gasteiger partial charge >= 0.3 is 6.18 Å². The van der Waals surface area contributed by atoms with Gasteiger partial charge in [0.05, 0.1) is 22.8 Å². The summed E-state index contributed by atoms with van der Waals surface area (Å²) in [5.74, 6) is -0.343. The molecule has 30 heavy (non-hydrogen) atoms. The van der Waals surface area contributed by atoms with E-state index in [4.69, 9.17) is 0 Å². The van der Waals surface area contributed by atoms with Crippen LogP contribution in [0, 0.1) is 0 Å². The fraction of sp³-hybridized carbons (Fsp3) is 0.250. The first-order chi connectivity index (χ1) is 14.4. The van der Waals surface area contributed by atoms with E-state index in [-0.39, 0.29) is 28.9 Å². The molecule has 1 aliphatic heterocycles. The Balaban J connectivity index is 1.63. The maximum Gasteiger partial charge on any atom is 0.433 e. The molecular weight excluding hydrogens is 433 g/mol. The first kappa shape index (κ1) is 19.3. The van der Waals surface area contributed by atoms with Gasteiger partial charge in [0.2, 0.25) is 0 Å². The lowest BCUT2D eigenvalue weighted by atomic mass is 10.1. The summed E-state index contributed by atoms with van der Waals surface area (Å²) in [6, 6.07) is 8.26. The van der Waals surface area contributed by atoms with Gasteiger partial charge in [0, 0.05) is 11.4 Å². The average molecular weight is 448 g/mol. The van der Waals surface area contributed by atoms with Crippen LogP contribution in [0.3, 0.4) is 0 Å². The van der Waals surface area contributed by atoms with Crippen molar-refractivity contribution in [3.05, 3.63) is 63.4 Å². The Labute approximate surface area is 177 Å². The molecule has 0 N–H and O–H groups in total. The Morgan fingerprint density at radius 2 is 1.97 bits per heavy atom. The molecule has 0 unspecified atom stereocenters. The minimum atomic E-state index is -4.63. The molecule has 1 amide bonds. The van der Waals surface area contributed by atoms with Crippen LogP contribution in [0.25, 0.3) is 16.2 Å². The summed E-state index contributed by atoms with van der Waals surface area (Å²) in [6.45, 7) is 0.551. The molecule has 4 aromatic rings. The molecule has 0 saturated carbocycles. The van der Waals surface area contributed by atoms with E-state index in [1.54, 1.807) is 33.7 Å². The van der Waals surface area contributed by atoms with Gasteiger partial charge in [-0.05, 0) is 41.8 Å². The number of aromatic nitrogens is 3. The normalized spacial score (nSPS) is 17.2. The van der Waals surface area contributed by atoms with Crippen molar-refractivity contribution in [3.8, 4) is 10.6 Å². The zero-order valence-electron chi connectivity index (χ0n) is 15.5. The van der Waals surface area contributed by atoms with E-state index in [0.29, 0.717) is 11.4 Å². The van der Waals surface area contributed by atoms with E-state index in [1.165, 1.54) is 17.5 Å². The Morgan fingerprint density at radius 3 is 2.67 bits per heavy atom. The number of carbonyl (C=O) groups is 1. The highest BCUT2D eigenvalue weighted by Crippen LogP contribution is 2.37. The van der Waals surface area contributed by atoms with Crippen LogP contribution in [-0.2, 0) is 6.18 Å². The molecular formula is C20H15F3N4OS2. The van der Waals surface area contributed by atoms with Crippen LogP contribution in [-0.4, -0.2) is 31.9 Å². The van der Waals surface area contributed by atoms with Gasteiger partial charge in [-0.2, -0.15) is 18.3 Å². The summed E-state index contributed by atoms with van der Waals surface area (Å²) in [5, 5.41) is 7.61. The Kier molecular flexibility index (Phi) is 4.62. The first-order valence-electron chi connectivity index (χ1n) is 9.28. The highest BCUT2D eigenvalue weighted by Gasteiger charge is 2.37. The molecule has 1 aliphatic rings. The summed E-state index contributed by atoms with van der Waals surface area (Å²) in [5.41, 5.74) is -0.765. The molecule has 1 saturated heterocycles. The minimum Gasteiger partial charge on any atom is -0.331 e. The summed E-state index contributed by atoms with van der Waals surface area (Å²) in [4.78, 5) is 21.1. The van der Waals surface area contributed by atoms with Gasteiger partial charge in [-0.1, -0.05) is 12.1 Å². The maximum atomic E-state index is 13.7. The minimum absolute atomic E-state index is 0.0740. The van der Waals surface area contributed by atoms with Crippen molar-refractivity contribution >= 4 is 34.2 Å². The average Bonchev–Trinajstić information content (AvgIpc) is 3.52. The van der Waals surface area contributed by atoms with Crippen LogP contribution in [0.15, 0.2) is 47.3 Å². The lowest BCUT2D eigenvalue weighted by molar-refractivity contribution is -0.142. The molecule has 154 valence electrons. The van der Waals surface area contributed by atoms with Crippen LogP contribution in [0.4, 0.5) is 13.2 Å². The quantitative estimate of drug-likeness (QED) is 0.415. The molecule has 0 aliphatic carbocycles. The molecule has 1 fully saturated rings. The number of likely N-dealkylation sites (tertiary alicyclic amines) is 1. The number of fused-ring (bicyclic) bond motifs is 1. The van der Waals surface area contributed by atoms with Crippen molar-refractivity contribution in [2.45, 2.75) is 25.1 Å². The van der Waals surface area contributed by atoms with Crippen molar-refractivity contribution in [2.24, 2.45) is 0 Å². The molecule has 5 rings (SSSR count). The van der Waals surface area contributed by atoms with Crippen molar-refractivity contribution in [1.82, 2.24) is 19.5 Å². The third kappa shape index (κ3) is 3.20. The zero-order chi connectivity index (χ0) is 20.9. The fourth-order valence-electron chi connectivity index (χ4n) is 3.81. The number of carbonyl (C=O) groups excluding carboxylic acids is 1. The number of halogens is 3. The second kappa shape index (κ2) is 7.21. The van der Waals surface area contributed by atoms with Crippen molar-refractivity contribution in [1.29, 1.82) is 0 Å². The number of nitrogens with zero attached hydrogens (tertiary/aromatic N) is 4. The third-order valence-electron chi connectivity index (χ3n) is 5.15. The number of hydrogen-bond donors (Lipinski definition) is 0. The first-order valence-corrected chi connectivity index (χ1v) is 11.0. The number of amides is 1. The standard InChI is InChI=1S/C20H15F3N4OS2/c21-20(22,23)17-10-13(15-5-2-8-29-15)25-18-12(11-24-27(17)18)19(28)26-7-1-4-14(26)16-6-3-9-30-16/h2-3,5-6,8-11,14H,1,4,7H2/t14-/m1/s1. The summed E-state index contributed by atoms with van der Waals surface area (Å²) in [6.07, 6.45) is -1.77. The molecule has 0 bridgehead atoms. The summed E-state index contributed by atoms with van der Waals surface area (Å²) in [7, 11) is 0. The Hall–Kier alpha value is -2.72. The molecule has 0 radical (unpaired) electrons. The molecule has 0 spiro atoms. The van der Waals surface area contributed by atoms with Gasteiger partial charge in [0.15, 0.2) is 11.3 Å². The van der Waals surface area contributed by atoms with Gasteiger partial charge in [-0.3, -0.25) is 4.79 Å². The Bertz CT molecular complexity index is 1200. The van der Waals surface area contributed by atoms with E-state index >= 15 is 0 Å². The molecule has 4 aromatic heterocycles. The van der Waals surface area contributed by atoms with Crippen molar-refractivity contribution < 1.29 is 18.0 Å². The second-order valence-corrected chi connectivity index (χ2v) is 8.89. The molecule has 5 heterocycles. The van der Waals surface area contributed by atoms with Crippen LogP contribution in [0.1, 0.15) is 39.8 Å². The van der Waals surface area contributed by atoms with Gasteiger partial charge in [-0.15, -0.1) is 22.7 Å². The van der Waals surface area contributed by atoms with Gasteiger partial charge in [0.1, 0.15) is 5.56 Å². The monoisotopic (exact) mass is 448 g/mol. The number of thiophene rings is 2. The number of alkyl halides is 3. The molecule has 5 nitrogen and oxygen atoms in total. The van der Waals surface area contributed by atoms with Crippen LogP contribution in [0.5, 0.6) is 0 Å². The van der Waals surface area contributed by atoms with Gasteiger partial charge in [-0.25, -0.2) is 9.50 Å². The van der Waals surface area contributed by atoms with Crippen molar-refractivity contribution in [3.63, 3.8) is 0 Å². The Morgan fingerprint density at radius 1 is 1.17 bits per heavy atom. The highest BCUT2D eigenvalue weighted by molar-refractivity contribution is 7.13. The fourth-order valence-corrected chi connectivity index (χ4v) is 5.37. The van der Waals surface area contributed by atoms with E-state index in [9.17, 15) is 18.0 Å². The number of rotatable bonds is 3. The third-order valence-corrected chi connectivity index (χ3v) is 7.02. The topological polar surface area (TPSA) is 50.5 Å². The van der Waals surface area contributed by atoms with Crippen LogP contribution in [0.2, 0.25) is 0 Å². The van der Waals surface area contributed by atoms with Gasteiger partial charge in [0.25, 0.3) is 5.91 Å². The van der Waals surface area contributed by atoms with E-state index in [1.807, 2.05) is 17.5 Å². The SMILES string of the molecule is O=C(c1cnn2c(C(F)(F)F)cc(-c3cccs3)nc12)N1CCC[C@@H]1c1cccs1. The largest absolute Gasteiger partial charge is 0.433 e. The lowest BCUT2D eigenvalue weighted by Crippen LogP contribution is -2.30. The lowest BCUT2D eigenvalue weighted by Gasteiger charge is -2.23. The summed E-state index contributed by atoms with van der Waals surface area (Å²) >= 11 is 2.86. The van der Waals surface area contributed by atoms with E-state index in [0.717, 1.165) is 28.3 Å². The van der Waals surface area contributed by atoms with Crippen molar-refractivity contribution in [2.75, 3.05) is 6.54 Å². The maximum absolute atomic E-state index is 13.7. The summed E-state index contributed by atoms with van der Waals surface area (Å²) < 4.78 is 41.9. The smallest absolute Gasteiger partial charge is 0.331 e. The number of hydrogen-bond acceptors (Lipinski definition) is 5. The predicted octanol–water partition coefficient (Wildman–Crippen LogP) is 5.52.